The summed E-state index contributed by atoms with van der Waals surface area (Å²) in [6.07, 6.45) is 0.657. The van der Waals surface area contributed by atoms with Gasteiger partial charge in [0.05, 0.1) is 18.3 Å². The smallest absolute Gasteiger partial charge is 0.309 e. The quantitative estimate of drug-likeness (QED) is 0.425. The molecule has 2 aliphatic heterocycles. The Balaban J connectivity index is 1.72. The molecule has 1 fully saturated rings. The zero-order valence-electron chi connectivity index (χ0n) is 21.9. The molecule has 208 valence electrons. The average molecular weight is 551 g/mol. The van der Waals surface area contributed by atoms with Gasteiger partial charge in [-0.2, -0.15) is 0 Å². The second-order valence-corrected chi connectivity index (χ2v) is 11.7. The molecule has 11 heteroatoms. The highest BCUT2D eigenvalue weighted by Gasteiger charge is 2.47. The van der Waals surface area contributed by atoms with E-state index in [-0.39, 0.29) is 24.8 Å². The molecule has 38 heavy (non-hydrogen) atoms. The first kappa shape index (κ1) is 28.1. The monoisotopic (exact) mass is 550 g/mol. The van der Waals surface area contributed by atoms with Crippen LogP contribution in [0.4, 0.5) is 4.39 Å². The van der Waals surface area contributed by atoms with Gasteiger partial charge in [-0.05, 0) is 55.7 Å². The molecule has 2 aromatic rings. The number of sulfonamides is 1. The largest absolute Gasteiger partial charge is 0.491 e. The fourth-order valence-electron chi connectivity index (χ4n) is 5.37. The summed E-state index contributed by atoms with van der Waals surface area (Å²) < 4.78 is 58.0. The normalized spacial score (nSPS) is 21.2. The fourth-order valence-corrected chi connectivity index (χ4v) is 6.56. The highest BCUT2D eigenvalue weighted by molar-refractivity contribution is 7.89. The van der Waals surface area contributed by atoms with Crippen molar-refractivity contribution in [2.24, 2.45) is 5.92 Å². The lowest BCUT2D eigenvalue weighted by Gasteiger charge is -2.30. The zero-order valence-corrected chi connectivity index (χ0v) is 22.7. The number of rotatable bonds is 12. The Hall–Kier alpha value is -2.89. The number of hydrogen-bond acceptors (Lipinski definition) is 7. The third-order valence-electron chi connectivity index (χ3n) is 7.17. The van der Waals surface area contributed by atoms with Gasteiger partial charge < -0.3 is 19.3 Å². The predicted octanol–water partition coefficient (Wildman–Crippen LogP) is 3.86. The molecular formula is C27H35FN2O7S. The molecule has 0 aromatic heterocycles. The molecule has 9 nitrogen and oxygen atoms in total. The van der Waals surface area contributed by atoms with Gasteiger partial charge in [0.15, 0.2) is 23.1 Å². The summed E-state index contributed by atoms with van der Waals surface area (Å²) in [4.78, 5) is 14.7. The van der Waals surface area contributed by atoms with Gasteiger partial charge in [-0.15, -0.1) is 0 Å². The lowest BCUT2D eigenvalue weighted by molar-refractivity contribution is -0.143. The fraction of sp³-hybridized carbons (Fsp3) is 0.519. The molecule has 2 aliphatic rings. The number of ether oxygens (including phenoxy) is 3. The maximum Gasteiger partial charge on any atom is 0.309 e. The Morgan fingerprint density at radius 3 is 2.50 bits per heavy atom. The molecule has 0 saturated carbocycles. The highest BCUT2D eigenvalue weighted by Crippen LogP contribution is 2.48. The number of carboxylic acid groups (broad SMARTS) is 1. The number of likely N-dealkylation sites (tertiary alicyclic amines) is 1. The third kappa shape index (κ3) is 5.74. The van der Waals surface area contributed by atoms with Crippen LogP contribution in [0.1, 0.15) is 50.3 Å². The number of benzene rings is 2. The minimum Gasteiger partial charge on any atom is -0.491 e. The SMILES string of the molecule is CCCN(CCN1C[C@H](c2ccc3c(c2)OCO3)[C@@H](C(=O)O)[C@@H]1c1ccc(OCC)c(F)c1)S(=O)(=O)CC. The molecule has 0 bridgehead atoms. The topological polar surface area (TPSA) is 106 Å². The molecule has 0 amide bonds. The van der Waals surface area contributed by atoms with Crippen LogP contribution < -0.4 is 14.2 Å². The molecule has 0 spiro atoms. The van der Waals surface area contributed by atoms with E-state index in [1.807, 2.05) is 17.9 Å². The molecule has 4 rings (SSSR count). The van der Waals surface area contributed by atoms with Crippen molar-refractivity contribution in [1.29, 1.82) is 0 Å². The van der Waals surface area contributed by atoms with E-state index < -0.39 is 39.7 Å². The number of aliphatic carboxylic acids is 1. The van der Waals surface area contributed by atoms with Crippen LogP contribution in [0, 0.1) is 11.7 Å². The number of hydrogen-bond donors (Lipinski definition) is 1. The molecule has 3 atom stereocenters. The number of carboxylic acids is 1. The lowest BCUT2D eigenvalue weighted by Crippen LogP contribution is -2.40. The number of carbonyl (C=O) groups is 1. The van der Waals surface area contributed by atoms with E-state index in [9.17, 15) is 22.7 Å². The average Bonchev–Trinajstić information content (AvgIpc) is 3.52. The molecule has 0 radical (unpaired) electrons. The van der Waals surface area contributed by atoms with E-state index in [0.717, 1.165) is 5.56 Å². The van der Waals surface area contributed by atoms with Crippen molar-refractivity contribution in [2.45, 2.75) is 39.2 Å². The van der Waals surface area contributed by atoms with Crippen molar-refractivity contribution in [3.05, 3.63) is 53.3 Å². The molecule has 0 aliphatic carbocycles. The first-order chi connectivity index (χ1) is 18.2. The van der Waals surface area contributed by atoms with E-state index in [4.69, 9.17) is 14.2 Å². The molecule has 1 N–H and O–H groups in total. The van der Waals surface area contributed by atoms with E-state index in [2.05, 4.69) is 0 Å². The molecule has 2 aromatic carbocycles. The van der Waals surface area contributed by atoms with Crippen LogP contribution in [0.3, 0.4) is 0 Å². The molecule has 1 saturated heterocycles. The van der Waals surface area contributed by atoms with Gasteiger partial charge >= 0.3 is 5.97 Å². The Morgan fingerprint density at radius 2 is 1.84 bits per heavy atom. The van der Waals surface area contributed by atoms with Crippen LogP contribution >= 0.6 is 0 Å². The molecular weight excluding hydrogens is 515 g/mol. The Labute approximate surface area is 223 Å². The maximum atomic E-state index is 14.9. The minimum atomic E-state index is -3.43. The summed E-state index contributed by atoms with van der Waals surface area (Å²) in [6.45, 7) is 6.91. The molecule has 0 unspecified atom stereocenters. The number of nitrogens with zero attached hydrogens (tertiary/aromatic N) is 2. The standard InChI is InChI=1S/C27H35FN2O7S/c1-4-11-30(38(33,34)6-3)13-12-29-16-20(18-7-10-23-24(15-18)37-17-36-23)25(27(31)32)26(29)19-8-9-22(35-5-2)21(28)14-19/h7-10,14-15,20,25-26H,4-6,11-13,16-17H2,1-3H3,(H,31,32)/t20-,25-,26+/m1/s1. The minimum absolute atomic E-state index is 0.0158. The van der Waals surface area contributed by atoms with Crippen molar-refractivity contribution in [1.82, 2.24) is 9.21 Å². The van der Waals surface area contributed by atoms with Crippen LogP contribution in [0.25, 0.3) is 0 Å². The van der Waals surface area contributed by atoms with Gasteiger partial charge in [0.1, 0.15) is 0 Å². The molecule has 2 heterocycles. The van der Waals surface area contributed by atoms with E-state index in [1.165, 1.54) is 16.4 Å². The first-order valence-electron chi connectivity index (χ1n) is 13.0. The Kier molecular flexibility index (Phi) is 8.79. The van der Waals surface area contributed by atoms with Crippen molar-refractivity contribution < 1.29 is 36.9 Å². The van der Waals surface area contributed by atoms with Crippen LogP contribution in [-0.4, -0.2) is 74.0 Å². The summed E-state index contributed by atoms with van der Waals surface area (Å²) in [7, 11) is -3.43. The summed E-state index contributed by atoms with van der Waals surface area (Å²) in [5.74, 6) is -1.69. The summed E-state index contributed by atoms with van der Waals surface area (Å²) in [5, 5.41) is 10.4. The highest BCUT2D eigenvalue weighted by atomic mass is 32.2. The summed E-state index contributed by atoms with van der Waals surface area (Å²) in [6, 6.07) is 9.25. The van der Waals surface area contributed by atoms with Crippen molar-refractivity contribution in [3.8, 4) is 17.2 Å². The van der Waals surface area contributed by atoms with E-state index >= 15 is 0 Å². The first-order valence-corrected chi connectivity index (χ1v) is 14.6. The van der Waals surface area contributed by atoms with Crippen LogP contribution in [0.2, 0.25) is 0 Å². The van der Waals surface area contributed by atoms with Crippen molar-refractivity contribution >= 4 is 16.0 Å². The zero-order chi connectivity index (χ0) is 27.4. The maximum absolute atomic E-state index is 14.9. The van der Waals surface area contributed by atoms with Crippen LogP contribution in [0.5, 0.6) is 17.2 Å². The van der Waals surface area contributed by atoms with Gasteiger partial charge in [-0.25, -0.2) is 17.1 Å². The van der Waals surface area contributed by atoms with Gasteiger partial charge in [0.25, 0.3) is 0 Å². The van der Waals surface area contributed by atoms with Crippen LogP contribution in [0.15, 0.2) is 36.4 Å². The van der Waals surface area contributed by atoms with Gasteiger partial charge in [0, 0.05) is 38.1 Å². The second kappa shape index (κ2) is 11.9. The van der Waals surface area contributed by atoms with Crippen molar-refractivity contribution in [2.75, 3.05) is 45.3 Å². The van der Waals surface area contributed by atoms with E-state index in [0.29, 0.717) is 49.7 Å². The van der Waals surface area contributed by atoms with Crippen molar-refractivity contribution in [3.63, 3.8) is 0 Å². The predicted molar refractivity (Wildman–Crippen MR) is 140 cm³/mol. The van der Waals surface area contributed by atoms with Gasteiger partial charge in [-0.3, -0.25) is 9.69 Å². The lowest BCUT2D eigenvalue weighted by atomic mass is 9.82. The number of halogens is 1. The Morgan fingerprint density at radius 1 is 1.11 bits per heavy atom. The van der Waals surface area contributed by atoms with Gasteiger partial charge in [0.2, 0.25) is 16.8 Å². The van der Waals surface area contributed by atoms with Crippen LogP contribution in [-0.2, 0) is 14.8 Å². The van der Waals surface area contributed by atoms with Gasteiger partial charge in [-0.1, -0.05) is 19.1 Å². The number of fused-ring (bicyclic) bond motifs is 1. The Bertz CT molecular complexity index is 1260. The third-order valence-corrected chi connectivity index (χ3v) is 9.05. The summed E-state index contributed by atoms with van der Waals surface area (Å²) >= 11 is 0. The second-order valence-electron chi connectivity index (χ2n) is 9.45. The van der Waals surface area contributed by atoms with E-state index in [1.54, 1.807) is 32.0 Å². The summed E-state index contributed by atoms with van der Waals surface area (Å²) in [5.41, 5.74) is 1.27.